The van der Waals surface area contributed by atoms with Crippen molar-refractivity contribution in [3.05, 3.63) is 34.5 Å². The maximum atomic E-state index is 13.6. The van der Waals surface area contributed by atoms with E-state index in [0.717, 1.165) is 19.3 Å². The Kier molecular flexibility index (Phi) is 13.7. The van der Waals surface area contributed by atoms with Crippen molar-refractivity contribution in [2.45, 2.75) is 104 Å². The van der Waals surface area contributed by atoms with Crippen LogP contribution >= 0.6 is 0 Å². The number of azide groups is 1. The van der Waals surface area contributed by atoms with Gasteiger partial charge in [-0.1, -0.05) is 5.11 Å². The minimum absolute atomic E-state index is 0.0251. The van der Waals surface area contributed by atoms with Gasteiger partial charge in [-0.3, -0.25) is 19.4 Å². The van der Waals surface area contributed by atoms with Gasteiger partial charge in [0.15, 0.2) is 0 Å². The highest BCUT2D eigenvalue weighted by atomic mass is 16.6. The molecule has 0 saturated carbocycles. The molecule has 2 atom stereocenters. The van der Waals surface area contributed by atoms with Crippen LogP contribution in [0.2, 0.25) is 0 Å². The van der Waals surface area contributed by atoms with Crippen molar-refractivity contribution >= 4 is 23.9 Å². The zero-order valence-corrected chi connectivity index (χ0v) is 28.7. The number of piperidine rings is 2. The summed E-state index contributed by atoms with van der Waals surface area (Å²) in [4.78, 5) is 62.4. The molecule has 1 aromatic heterocycles. The Morgan fingerprint density at radius 2 is 1.72 bits per heavy atom. The summed E-state index contributed by atoms with van der Waals surface area (Å²) in [5.41, 5.74) is 7.81. The minimum Gasteiger partial charge on any atom is -0.492 e. The number of esters is 1. The first kappa shape index (κ1) is 37.4. The highest BCUT2D eigenvalue weighted by molar-refractivity contribution is 5.82. The van der Waals surface area contributed by atoms with Crippen LogP contribution in [0.5, 0.6) is 5.75 Å². The Balaban J connectivity index is 1.57. The number of likely N-dealkylation sites (tertiary alicyclic amines) is 2. The van der Waals surface area contributed by atoms with Gasteiger partial charge < -0.3 is 29.3 Å². The minimum atomic E-state index is -0.733. The first-order valence-corrected chi connectivity index (χ1v) is 16.5. The maximum absolute atomic E-state index is 13.6. The normalized spacial score (nSPS) is 18.0. The maximum Gasteiger partial charge on any atom is 0.410 e. The lowest BCUT2D eigenvalue weighted by molar-refractivity contribution is -0.155. The summed E-state index contributed by atoms with van der Waals surface area (Å²) in [7, 11) is 0. The van der Waals surface area contributed by atoms with E-state index in [0.29, 0.717) is 62.7 Å². The van der Waals surface area contributed by atoms with E-state index in [9.17, 15) is 19.2 Å². The van der Waals surface area contributed by atoms with Gasteiger partial charge in [0.1, 0.15) is 17.0 Å². The Morgan fingerprint density at radius 1 is 1.02 bits per heavy atom. The molecule has 3 amide bonds. The van der Waals surface area contributed by atoms with Crippen LogP contribution in [0.1, 0.15) is 98.1 Å². The fourth-order valence-electron chi connectivity index (χ4n) is 5.68. The number of amides is 3. The third kappa shape index (κ3) is 13.3. The van der Waals surface area contributed by atoms with Gasteiger partial charge >= 0.3 is 12.1 Å². The largest absolute Gasteiger partial charge is 0.492 e. The number of ether oxygens (including phenoxy) is 3. The summed E-state index contributed by atoms with van der Waals surface area (Å²) in [6.07, 6.45) is 6.75. The van der Waals surface area contributed by atoms with Crippen molar-refractivity contribution < 1.29 is 33.4 Å². The van der Waals surface area contributed by atoms with Crippen LogP contribution in [0.25, 0.3) is 10.4 Å². The Morgan fingerprint density at radius 3 is 2.38 bits per heavy atom. The lowest BCUT2D eigenvalue weighted by Gasteiger charge is -2.35. The van der Waals surface area contributed by atoms with Crippen molar-refractivity contribution in [2.75, 3.05) is 39.3 Å². The second kappa shape index (κ2) is 17.2. The monoisotopic (exact) mass is 657 g/mol. The number of pyridine rings is 1. The van der Waals surface area contributed by atoms with E-state index < -0.39 is 29.1 Å². The average molecular weight is 658 g/mol. The van der Waals surface area contributed by atoms with Gasteiger partial charge in [0.2, 0.25) is 11.8 Å². The molecule has 2 saturated heterocycles. The van der Waals surface area contributed by atoms with E-state index in [2.05, 4.69) is 20.3 Å². The van der Waals surface area contributed by atoms with Crippen molar-refractivity contribution in [1.29, 1.82) is 0 Å². The van der Waals surface area contributed by atoms with Crippen LogP contribution < -0.4 is 10.1 Å². The molecule has 47 heavy (non-hydrogen) atoms. The predicted molar refractivity (Wildman–Crippen MR) is 174 cm³/mol. The highest BCUT2D eigenvalue weighted by Gasteiger charge is 2.32. The number of carbonyl (C=O) groups is 4. The molecule has 3 heterocycles. The van der Waals surface area contributed by atoms with Gasteiger partial charge in [-0.25, -0.2) is 4.79 Å². The topological polar surface area (TPSA) is 176 Å². The van der Waals surface area contributed by atoms with Gasteiger partial charge in [0.25, 0.3) is 0 Å². The molecule has 14 nitrogen and oxygen atoms in total. The zero-order valence-electron chi connectivity index (χ0n) is 28.7. The van der Waals surface area contributed by atoms with Crippen LogP contribution in [0.15, 0.2) is 23.6 Å². The quantitative estimate of drug-likeness (QED) is 0.103. The van der Waals surface area contributed by atoms with Crippen molar-refractivity contribution in [1.82, 2.24) is 20.1 Å². The van der Waals surface area contributed by atoms with E-state index >= 15 is 0 Å². The SMILES string of the molecule is CC(C)(C)OC(=O)C[C@H](NC(=O)C1CCCN(C(=O)CCC2CCN(C(=O)OC(C)(C)C)CC2)C1)c1cncc(OCCN=[N+]=[N-])c1. The smallest absolute Gasteiger partial charge is 0.410 e. The second-order valence-corrected chi connectivity index (χ2v) is 14.2. The van der Waals surface area contributed by atoms with Gasteiger partial charge in [-0.15, -0.1) is 0 Å². The summed E-state index contributed by atoms with van der Waals surface area (Å²) in [6.45, 7) is 13.3. The van der Waals surface area contributed by atoms with Gasteiger partial charge in [-0.2, -0.15) is 0 Å². The van der Waals surface area contributed by atoms with Crippen LogP contribution in [-0.2, 0) is 23.9 Å². The molecule has 2 aliphatic rings. The number of aromatic nitrogens is 1. The fourth-order valence-corrected chi connectivity index (χ4v) is 5.68. The average Bonchev–Trinajstić information content (AvgIpc) is 3.00. The Bertz CT molecular complexity index is 1280. The van der Waals surface area contributed by atoms with Crippen LogP contribution in [0.4, 0.5) is 4.79 Å². The zero-order chi connectivity index (χ0) is 34.6. The summed E-state index contributed by atoms with van der Waals surface area (Å²) < 4.78 is 16.6. The predicted octanol–water partition coefficient (Wildman–Crippen LogP) is 5.33. The van der Waals surface area contributed by atoms with Gasteiger partial charge in [0.05, 0.1) is 37.7 Å². The van der Waals surface area contributed by atoms with Crippen molar-refractivity contribution in [3.63, 3.8) is 0 Å². The second-order valence-electron chi connectivity index (χ2n) is 14.2. The van der Waals surface area contributed by atoms with Crippen molar-refractivity contribution in [2.24, 2.45) is 17.0 Å². The summed E-state index contributed by atoms with van der Waals surface area (Å²) in [5.74, 6) is -0.374. The van der Waals surface area contributed by atoms with Gasteiger partial charge in [0, 0.05) is 43.7 Å². The summed E-state index contributed by atoms with van der Waals surface area (Å²) in [6, 6.07) is 0.954. The highest BCUT2D eigenvalue weighted by Crippen LogP contribution is 2.27. The Hall–Kier alpha value is -4.06. The lowest BCUT2D eigenvalue weighted by Crippen LogP contribution is -2.46. The Labute approximate surface area is 277 Å². The van der Waals surface area contributed by atoms with Crippen LogP contribution in [0, 0.1) is 11.8 Å². The molecule has 2 aliphatic heterocycles. The van der Waals surface area contributed by atoms with Crippen LogP contribution in [-0.4, -0.2) is 89.2 Å². The molecule has 0 bridgehead atoms. The third-order valence-electron chi connectivity index (χ3n) is 7.94. The lowest BCUT2D eigenvalue weighted by atomic mass is 9.91. The van der Waals surface area contributed by atoms with E-state index in [1.807, 2.05) is 20.8 Å². The third-order valence-corrected chi connectivity index (χ3v) is 7.94. The number of rotatable bonds is 12. The molecule has 1 unspecified atom stereocenters. The standard InChI is InChI=1S/C33H51N7O7/c1-32(2,3)46-29(42)19-27(25-18-26(21-35-20-25)45-17-13-36-38-34)37-30(43)24-8-7-14-40(22-24)28(41)10-9-23-11-15-39(16-12-23)31(44)47-33(4,5)6/h18,20-21,23-24,27H,7-17,19,22H2,1-6H3,(H,37,43)/t24?,27-/m0/s1. The number of hydrogen-bond acceptors (Lipinski definition) is 9. The van der Waals surface area contributed by atoms with E-state index in [1.165, 1.54) is 6.20 Å². The van der Waals surface area contributed by atoms with Gasteiger partial charge in [-0.05, 0) is 96.7 Å². The molecule has 1 aromatic rings. The molecule has 3 rings (SSSR count). The van der Waals surface area contributed by atoms with E-state index in [4.69, 9.17) is 19.7 Å². The number of nitrogens with zero attached hydrogens (tertiary/aromatic N) is 6. The molecule has 1 N–H and O–H groups in total. The summed E-state index contributed by atoms with van der Waals surface area (Å²) in [5, 5.41) is 6.46. The molecule has 0 spiro atoms. The first-order chi connectivity index (χ1) is 22.1. The van der Waals surface area contributed by atoms with E-state index in [1.54, 1.807) is 42.8 Å². The molecule has 14 heteroatoms. The fraction of sp³-hybridized carbons (Fsp3) is 0.727. The van der Waals surface area contributed by atoms with Crippen LogP contribution in [0.3, 0.4) is 0 Å². The number of hydrogen-bond donors (Lipinski definition) is 1. The summed E-state index contributed by atoms with van der Waals surface area (Å²) >= 11 is 0. The molecule has 0 aliphatic carbocycles. The molecule has 0 aromatic carbocycles. The molecule has 0 radical (unpaired) electrons. The van der Waals surface area contributed by atoms with E-state index in [-0.39, 0.29) is 37.5 Å². The number of carbonyl (C=O) groups excluding carboxylic acids is 4. The number of nitrogens with one attached hydrogen (secondary N) is 1. The molecular weight excluding hydrogens is 606 g/mol. The first-order valence-electron chi connectivity index (χ1n) is 16.5. The molecule has 2 fully saturated rings. The molecular formula is C33H51N7O7. The molecule has 260 valence electrons. The van der Waals surface area contributed by atoms with Crippen molar-refractivity contribution in [3.8, 4) is 5.75 Å².